The molecule has 0 aliphatic rings. The summed E-state index contributed by atoms with van der Waals surface area (Å²) in [5, 5.41) is 1.35. The summed E-state index contributed by atoms with van der Waals surface area (Å²) in [4.78, 5) is 32.9. The minimum absolute atomic E-state index is 0.00740. The highest BCUT2D eigenvalue weighted by atomic mass is 32.2. The van der Waals surface area contributed by atoms with Crippen molar-refractivity contribution in [3.63, 3.8) is 0 Å². The lowest BCUT2D eigenvalue weighted by Gasteiger charge is -2.12. The number of carbonyl (C=O) groups excluding carboxylic acids is 1. The Morgan fingerprint density at radius 3 is 2.61 bits per heavy atom. The van der Waals surface area contributed by atoms with Crippen LogP contribution in [0, 0.1) is 27.7 Å². The van der Waals surface area contributed by atoms with Crippen molar-refractivity contribution in [2.24, 2.45) is 0 Å². The fraction of sp³-hybridized carbons (Fsp3) is 0.522. The molecule has 0 amide bonds. The third-order valence-corrected chi connectivity index (χ3v) is 7.79. The van der Waals surface area contributed by atoms with Crippen LogP contribution in [0.25, 0.3) is 10.2 Å². The number of ether oxygens (including phenoxy) is 1. The van der Waals surface area contributed by atoms with Gasteiger partial charge in [-0.05, 0) is 45.7 Å². The average Bonchev–Trinajstić information content (AvgIpc) is 3.19. The number of aromatic nitrogens is 3. The molecule has 0 unspecified atom stereocenters. The molecule has 8 heteroatoms. The number of thioether (sulfide) groups is 1. The van der Waals surface area contributed by atoms with Crippen LogP contribution in [-0.2, 0) is 17.8 Å². The molecular weight excluding hydrogens is 430 g/mol. The number of fused-ring (bicyclic) bond motifs is 1. The zero-order valence-corrected chi connectivity index (χ0v) is 20.8. The van der Waals surface area contributed by atoms with Crippen molar-refractivity contribution in [3.05, 3.63) is 43.8 Å². The minimum Gasteiger partial charge on any atom is -0.383 e. The summed E-state index contributed by atoms with van der Waals surface area (Å²) < 4.78 is 9.05. The Kier molecular flexibility index (Phi) is 7.78. The summed E-state index contributed by atoms with van der Waals surface area (Å²) in [6, 6.07) is 1.95. The first-order valence-electron chi connectivity index (χ1n) is 10.6. The average molecular weight is 462 g/mol. The quantitative estimate of drug-likeness (QED) is 0.244. The van der Waals surface area contributed by atoms with Crippen molar-refractivity contribution in [2.75, 3.05) is 19.5 Å². The molecule has 31 heavy (non-hydrogen) atoms. The number of rotatable bonds is 10. The Bertz CT molecular complexity index is 1160. The lowest BCUT2D eigenvalue weighted by atomic mass is 10.2. The van der Waals surface area contributed by atoms with Crippen molar-refractivity contribution >= 4 is 39.1 Å². The molecule has 0 saturated carbocycles. The molecule has 3 heterocycles. The number of hydrogen-bond donors (Lipinski definition) is 0. The van der Waals surface area contributed by atoms with E-state index in [4.69, 9.17) is 9.72 Å². The van der Waals surface area contributed by atoms with Crippen molar-refractivity contribution in [3.8, 4) is 0 Å². The molecule has 3 aromatic heterocycles. The second-order valence-electron chi connectivity index (χ2n) is 7.81. The number of ketones is 1. The van der Waals surface area contributed by atoms with Gasteiger partial charge < -0.3 is 9.30 Å². The zero-order valence-electron chi connectivity index (χ0n) is 19.2. The van der Waals surface area contributed by atoms with Crippen molar-refractivity contribution in [2.45, 2.75) is 65.7 Å². The van der Waals surface area contributed by atoms with Crippen LogP contribution in [0.1, 0.15) is 52.0 Å². The topological polar surface area (TPSA) is 66.1 Å². The Morgan fingerprint density at radius 1 is 1.19 bits per heavy atom. The second-order valence-corrected chi connectivity index (χ2v) is 9.95. The molecule has 0 atom stereocenters. The molecule has 0 spiro atoms. The minimum atomic E-state index is 0.00740. The Hall–Kier alpha value is -1.90. The first-order chi connectivity index (χ1) is 14.8. The van der Waals surface area contributed by atoms with Gasteiger partial charge in [0.25, 0.3) is 5.56 Å². The van der Waals surface area contributed by atoms with E-state index < -0.39 is 0 Å². The smallest absolute Gasteiger partial charge is 0.263 e. The van der Waals surface area contributed by atoms with Gasteiger partial charge in [0.2, 0.25) is 0 Å². The van der Waals surface area contributed by atoms with E-state index in [1.54, 1.807) is 23.0 Å². The van der Waals surface area contributed by atoms with Crippen LogP contribution in [0.4, 0.5) is 0 Å². The van der Waals surface area contributed by atoms with E-state index in [2.05, 4.69) is 11.5 Å². The SMILES string of the molecule is CCCCn1c(SCC(=O)c2cc(C)n(CCOC)c2C)nc2sc(C)c(C)c2c1=O. The lowest BCUT2D eigenvalue weighted by Crippen LogP contribution is -2.23. The van der Waals surface area contributed by atoms with Crippen LogP contribution in [0.3, 0.4) is 0 Å². The summed E-state index contributed by atoms with van der Waals surface area (Å²) >= 11 is 2.91. The largest absolute Gasteiger partial charge is 0.383 e. The van der Waals surface area contributed by atoms with Gasteiger partial charge in [-0.1, -0.05) is 25.1 Å². The number of Topliss-reactive ketones (excluding diaryl/α,β-unsaturated/α-hetero) is 1. The highest BCUT2D eigenvalue weighted by molar-refractivity contribution is 7.99. The van der Waals surface area contributed by atoms with Crippen LogP contribution in [0.15, 0.2) is 16.0 Å². The van der Waals surface area contributed by atoms with Gasteiger partial charge in [0.05, 0.1) is 17.7 Å². The van der Waals surface area contributed by atoms with Crippen LogP contribution in [0.2, 0.25) is 0 Å². The molecule has 0 saturated heterocycles. The molecule has 0 aromatic carbocycles. The maximum Gasteiger partial charge on any atom is 0.263 e. The highest BCUT2D eigenvalue weighted by Gasteiger charge is 2.20. The molecule has 0 fully saturated rings. The Morgan fingerprint density at radius 2 is 1.94 bits per heavy atom. The monoisotopic (exact) mass is 461 g/mol. The van der Waals surface area contributed by atoms with Gasteiger partial charge in [-0.2, -0.15) is 0 Å². The number of unbranched alkanes of at least 4 members (excludes halogenated alkanes) is 1. The molecule has 168 valence electrons. The summed E-state index contributed by atoms with van der Waals surface area (Å²) in [5.74, 6) is 0.304. The molecule has 0 radical (unpaired) electrons. The fourth-order valence-electron chi connectivity index (χ4n) is 3.75. The van der Waals surface area contributed by atoms with Crippen LogP contribution >= 0.6 is 23.1 Å². The number of thiophene rings is 1. The van der Waals surface area contributed by atoms with E-state index in [-0.39, 0.29) is 17.1 Å². The van der Waals surface area contributed by atoms with Crippen molar-refractivity contribution in [1.29, 1.82) is 0 Å². The predicted molar refractivity (Wildman–Crippen MR) is 129 cm³/mol. The van der Waals surface area contributed by atoms with Crippen LogP contribution in [-0.4, -0.2) is 39.4 Å². The van der Waals surface area contributed by atoms with Gasteiger partial charge in [0, 0.05) is 42.0 Å². The number of hydrogen-bond acceptors (Lipinski definition) is 6. The van der Waals surface area contributed by atoms with Crippen molar-refractivity contribution in [1.82, 2.24) is 14.1 Å². The zero-order chi connectivity index (χ0) is 22.7. The second kappa shape index (κ2) is 10.1. The van der Waals surface area contributed by atoms with E-state index in [1.165, 1.54) is 11.8 Å². The van der Waals surface area contributed by atoms with Crippen LogP contribution in [0.5, 0.6) is 0 Å². The van der Waals surface area contributed by atoms with Gasteiger partial charge in [-0.25, -0.2) is 4.98 Å². The first-order valence-corrected chi connectivity index (χ1v) is 12.4. The standard InChI is InChI=1S/C23H31N3O3S2/c1-7-8-9-26-22(28)20-15(3)17(5)31-21(20)24-23(26)30-13-19(27)18-12-14(2)25(16(18)4)10-11-29-6/h12H,7-11,13H2,1-6H3. The molecular formula is C23H31N3O3S2. The third-order valence-electron chi connectivity index (χ3n) is 5.71. The molecule has 0 aliphatic heterocycles. The summed E-state index contributed by atoms with van der Waals surface area (Å²) in [7, 11) is 1.68. The van der Waals surface area contributed by atoms with Gasteiger partial charge in [-0.3, -0.25) is 14.2 Å². The normalized spacial score (nSPS) is 11.5. The van der Waals surface area contributed by atoms with Gasteiger partial charge in [0.15, 0.2) is 10.9 Å². The number of nitrogens with zero attached hydrogens (tertiary/aromatic N) is 3. The molecule has 6 nitrogen and oxygen atoms in total. The summed E-state index contributed by atoms with van der Waals surface area (Å²) in [6.45, 7) is 12.0. The van der Waals surface area contributed by atoms with Crippen LogP contribution < -0.4 is 5.56 Å². The summed E-state index contributed by atoms with van der Waals surface area (Å²) in [5.41, 5.74) is 3.75. The molecule has 0 N–H and O–H groups in total. The van der Waals surface area contributed by atoms with E-state index in [0.717, 1.165) is 57.0 Å². The van der Waals surface area contributed by atoms with Gasteiger partial charge in [-0.15, -0.1) is 11.3 Å². The lowest BCUT2D eigenvalue weighted by molar-refractivity contribution is 0.102. The summed E-state index contributed by atoms with van der Waals surface area (Å²) in [6.07, 6.45) is 1.89. The number of carbonyl (C=O) groups is 1. The molecule has 0 aliphatic carbocycles. The van der Waals surface area contributed by atoms with E-state index in [9.17, 15) is 9.59 Å². The Balaban J connectivity index is 1.89. The number of methoxy groups -OCH3 is 1. The molecule has 3 rings (SSSR count). The van der Waals surface area contributed by atoms with E-state index >= 15 is 0 Å². The Labute approximate surface area is 191 Å². The highest BCUT2D eigenvalue weighted by Crippen LogP contribution is 2.29. The predicted octanol–water partition coefficient (Wildman–Crippen LogP) is 4.91. The fourth-order valence-corrected chi connectivity index (χ4v) is 5.73. The maximum absolute atomic E-state index is 13.2. The van der Waals surface area contributed by atoms with E-state index in [1.807, 2.05) is 33.8 Å². The van der Waals surface area contributed by atoms with Crippen molar-refractivity contribution < 1.29 is 9.53 Å². The number of aryl methyl sites for hydroxylation is 3. The molecule has 0 bridgehead atoms. The van der Waals surface area contributed by atoms with Gasteiger partial charge >= 0.3 is 0 Å². The maximum atomic E-state index is 13.2. The van der Waals surface area contributed by atoms with Gasteiger partial charge in [0.1, 0.15) is 4.83 Å². The first kappa shape index (κ1) is 23.8. The molecule has 3 aromatic rings. The van der Waals surface area contributed by atoms with E-state index in [0.29, 0.717) is 18.3 Å². The third kappa shape index (κ3) is 4.81.